The number of benzene rings is 1. The summed E-state index contributed by atoms with van der Waals surface area (Å²) in [5.41, 5.74) is 1.21. The number of carboxylic acid groups (broad SMARTS) is 1. The lowest BCUT2D eigenvalue weighted by Crippen LogP contribution is -2.36. The predicted molar refractivity (Wildman–Crippen MR) is 60.5 cm³/mol. The van der Waals surface area contributed by atoms with Crippen LogP contribution in [0.2, 0.25) is 0 Å². The summed E-state index contributed by atoms with van der Waals surface area (Å²) in [5, 5.41) is 29.3. The molecule has 0 aromatic heterocycles. The van der Waals surface area contributed by atoms with Gasteiger partial charge in [-0.2, -0.15) is 0 Å². The molecule has 1 aromatic rings. The Labute approximate surface area is 93.9 Å². The summed E-state index contributed by atoms with van der Waals surface area (Å²) in [6, 6.07) is 5.86. The van der Waals surface area contributed by atoms with Gasteiger partial charge in [-0.25, -0.2) is 0 Å². The van der Waals surface area contributed by atoms with Gasteiger partial charge >= 0.3 is 13.1 Å². The Balaban J connectivity index is 2.71. The van der Waals surface area contributed by atoms with Crippen LogP contribution >= 0.6 is 0 Å². The average molecular weight is 223 g/mol. The molecule has 6 heteroatoms. The van der Waals surface area contributed by atoms with Crippen LogP contribution in [0.25, 0.3) is 0 Å². The highest BCUT2D eigenvalue weighted by atomic mass is 16.4. The van der Waals surface area contributed by atoms with E-state index in [9.17, 15) is 4.79 Å². The topological polar surface area (TPSA) is 89.8 Å². The monoisotopic (exact) mass is 223 g/mol. The number of aliphatic carboxylic acids is 1. The summed E-state index contributed by atoms with van der Waals surface area (Å²) in [7, 11) is 0.0959. The first kappa shape index (κ1) is 12.7. The minimum absolute atomic E-state index is 0.355. The molecular formula is C10H14BNO4. The largest absolute Gasteiger partial charge is 0.488 e. The van der Waals surface area contributed by atoms with E-state index < -0.39 is 19.1 Å². The van der Waals surface area contributed by atoms with E-state index in [2.05, 4.69) is 5.32 Å². The van der Waals surface area contributed by atoms with Gasteiger partial charge in [-0.15, -0.1) is 0 Å². The van der Waals surface area contributed by atoms with Crippen molar-refractivity contribution in [1.29, 1.82) is 0 Å². The Kier molecular flexibility index (Phi) is 4.48. The van der Waals surface area contributed by atoms with Crippen molar-refractivity contribution < 1.29 is 19.9 Å². The first-order chi connectivity index (χ1) is 7.54. The van der Waals surface area contributed by atoms with Crippen molar-refractivity contribution >= 4 is 18.6 Å². The fourth-order valence-corrected chi connectivity index (χ4v) is 1.37. The van der Waals surface area contributed by atoms with Gasteiger partial charge in [-0.1, -0.05) is 24.3 Å². The molecule has 0 aliphatic carbocycles. The Hall–Kier alpha value is -1.37. The Morgan fingerprint density at radius 3 is 2.31 bits per heavy atom. The maximum absolute atomic E-state index is 10.8. The SMILES string of the molecule is CNC(Cc1ccc(B(O)O)cc1)C(=O)O. The smallest absolute Gasteiger partial charge is 0.480 e. The van der Waals surface area contributed by atoms with Crippen molar-refractivity contribution in [1.82, 2.24) is 5.32 Å². The molecule has 0 amide bonds. The summed E-state index contributed by atoms with van der Waals surface area (Å²) in [6.07, 6.45) is 0.355. The molecule has 0 aliphatic rings. The Morgan fingerprint density at radius 1 is 1.38 bits per heavy atom. The number of nitrogens with one attached hydrogen (secondary N) is 1. The van der Waals surface area contributed by atoms with Crippen LogP contribution in [0.1, 0.15) is 5.56 Å². The van der Waals surface area contributed by atoms with Gasteiger partial charge in [0, 0.05) is 0 Å². The van der Waals surface area contributed by atoms with Gasteiger partial charge < -0.3 is 20.5 Å². The minimum atomic E-state index is -1.49. The molecule has 4 N–H and O–H groups in total. The summed E-state index contributed by atoms with van der Waals surface area (Å²) in [4.78, 5) is 10.8. The molecule has 0 fully saturated rings. The molecule has 0 heterocycles. The van der Waals surface area contributed by atoms with E-state index in [1.54, 1.807) is 31.3 Å². The van der Waals surface area contributed by atoms with Crippen LogP contribution in [0.4, 0.5) is 0 Å². The molecule has 0 saturated heterocycles. The van der Waals surface area contributed by atoms with Crippen molar-refractivity contribution in [3.8, 4) is 0 Å². The van der Waals surface area contributed by atoms with Gasteiger partial charge in [0.05, 0.1) is 0 Å². The molecule has 1 aromatic carbocycles. The van der Waals surface area contributed by atoms with Gasteiger partial charge in [0.2, 0.25) is 0 Å². The summed E-state index contributed by atoms with van der Waals surface area (Å²) in [5.74, 6) is -0.909. The number of hydrogen-bond acceptors (Lipinski definition) is 4. The molecule has 0 spiro atoms. The molecule has 0 aliphatic heterocycles. The fourth-order valence-electron chi connectivity index (χ4n) is 1.37. The second-order valence-electron chi connectivity index (χ2n) is 3.50. The number of hydrogen-bond donors (Lipinski definition) is 4. The van der Waals surface area contributed by atoms with Gasteiger partial charge in [-0.3, -0.25) is 4.79 Å². The number of likely N-dealkylation sites (N-methyl/N-ethyl adjacent to an activating group) is 1. The highest BCUT2D eigenvalue weighted by Gasteiger charge is 2.16. The normalized spacial score (nSPS) is 12.2. The van der Waals surface area contributed by atoms with E-state index in [0.717, 1.165) is 5.56 Å². The van der Waals surface area contributed by atoms with Crippen molar-refractivity contribution in [2.45, 2.75) is 12.5 Å². The van der Waals surface area contributed by atoms with Gasteiger partial charge in [0.25, 0.3) is 0 Å². The van der Waals surface area contributed by atoms with Crippen molar-refractivity contribution in [3.63, 3.8) is 0 Å². The van der Waals surface area contributed by atoms with E-state index in [4.69, 9.17) is 15.2 Å². The minimum Gasteiger partial charge on any atom is -0.480 e. The molecule has 1 rings (SSSR count). The second-order valence-corrected chi connectivity index (χ2v) is 3.50. The van der Waals surface area contributed by atoms with Crippen molar-refractivity contribution in [2.75, 3.05) is 7.05 Å². The van der Waals surface area contributed by atoms with Crippen molar-refractivity contribution in [2.24, 2.45) is 0 Å². The zero-order valence-corrected chi connectivity index (χ0v) is 8.92. The lowest BCUT2D eigenvalue weighted by molar-refractivity contribution is -0.139. The van der Waals surface area contributed by atoms with E-state index >= 15 is 0 Å². The quantitative estimate of drug-likeness (QED) is 0.460. The van der Waals surface area contributed by atoms with E-state index in [1.165, 1.54) is 0 Å². The third-order valence-electron chi connectivity index (χ3n) is 2.36. The maximum Gasteiger partial charge on any atom is 0.488 e. The van der Waals surface area contributed by atoms with E-state index in [0.29, 0.717) is 11.9 Å². The predicted octanol–water partition coefficient (Wildman–Crippen LogP) is -1.42. The second kappa shape index (κ2) is 5.65. The van der Waals surface area contributed by atoms with Gasteiger partial charge in [0.15, 0.2) is 0 Å². The number of carbonyl (C=O) groups is 1. The van der Waals surface area contributed by atoms with Gasteiger partial charge in [-0.05, 0) is 24.5 Å². The van der Waals surface area contributed by atoms with Crippen LogP contribution in [-0.4, -0.2) is 41.3 Å². The maximum atomic E-state index is 10.8. The van der Waals surface area contributed by atoms with Crippen molar-refractivity contribution in [3.05, 3.63) is 29.8 Å². The van der Waals surface area contributed by atoms with E-state index in [-0.39, 0.29) is 0 Å². The third-order valence-corrected chi connectivity index (χ3v) is 2.36. The number of rotatable bonds is 5. The first-order valence-corrected chi connectivity index (χ1v) is 4.89. The lowest BCUT2D eigenvalue weighted by Gasteiger charge is -2.11. The standard InChI is InChI=1S/C10H14BNO4/c1-12-9(10(13)14)6-7-2-4-8(5-3-7)11(15)16/h2-5,9,12,15-16H,6H2,1H3,(H,13,14). The molecule has 0 radical (unpaired) electrons. The molecule has 0 bridgehead atoms. The molecule has 1 atom stereocenters. The average Bonchev–Trinajstić information content (AvgIpc) is 2.26. The lowest BCUT2D eigenvalue weighted by atomic mass is 9.80. The van der Waals surface area contributed by atoms with Crippen LogP contribution < -0.4 is 10.8 Å². The molecule has 0 saturated carbocycles. The van der Waals surface area contributed by atoms with Crippen LogP contribution in [-0.2, 0) is 11.2 Å². The molecule has 1 unspecified atom stereocenters. The van der Waals surface area contributed by atoms with Crippen LogP contribution in [0.15, 0.2) is 24.3 Å². The molecule has 16 heavy (non-hydrogen) atoms. The Bertz CT molecular complexity index is 352. The molecule has 86 valence electrons. The van der Waals surface area contributed by atoms with Gasteiger partial charge in [0.1, 0.15) is 6.04 Å². The third kappa shape index (κ3) is 3.34. The number of carboxylic acids is 1. The fraction of sp³-hybridized carbons (Fsp3) is 0.300. The highest BCUT2D eigenvalue weighted by molar-refractivity contribution is 6.58. The summed E-state index contributed by atoms with van der Waals surface area (Å²) >= 11 is 0. The Morgan fingerprint density at radius 2 is 1.94 bits per heavy atom. The molecular weight excluding hydrogens is 209 g/mol. The molecule has 5 nitrogen and oxygen atoms in total. The van der Waals surface area contributed by atoms with Crippen LogP contribution in [0.5, 0.6) is 0 Å². The highest BCUT2D eigenvalue weighted by Crippen LogP contribution is 2.02. The summed E-state index contributed by atoms with van der Waals surface area (Å²) < 4.78 is 0. The summed E-state index contributed by atoms with van der Waals surface area (Å²) in [6.45, 7) is 0. The zero-order chi connectivity index (χ0) is 12.1. The zero-order valence-electron chi connectivity index (χ0n) is 8.92. The van der Waals surface area contributed by atoms with E-state index in [1.807, 2.05) is 0 Å². The van der Waals surface area contributed by atoms with Crippen LogP contribution in [0, 0.1) is 0 Å². The first-order valence-electron chi connectivity index (χ1n) is 4.89. The van der Waals surface area contributed by atoms with Crippen LogP contribution in [0.3, 0.4) is 0 Å².